The fourth-order valence-electron chi connectivity index (χ4n) is 3.66. The number of nitrogens with zero attached hydrogens (tertiary/aromatic N) is 2. The van der Waals surface area contributed by atoms with E-state index in [0.717, 1.165) is 19.0 Å². The summed E-state index contributed by atoms with van der Waals surface area (Å²) in [5.74, 6) is 1.49. The molecule has 1 aliphatic heterocycles. The van der Waals surface area contributed by atoms with Gasteiger partial charge in [0.15, 0.2) is 0 Å². The minimum absolute atomic E-state index is 0.698. The molecule has 2 fully saturated rings. The molecular formula is C15H25N3. The first-order valence-electron chi connectivity index (χ1n) is 7.59. The highest BCUT2D eigenvalue weighted by Crippen LogP contribution is 2.38. The number of piperidine rings is 1. The molecule has 18 heavy (non-hydrogen) atoms. The van der Waals surface area contributed by atoms with Crippen molar-refractivity contribution < 1.29 is 0 Å². The smallest absolute Gasteiger partial charge is 0.0691 e. The molecule has 1 saturated carbocycles. The molecule has 1 N–H and O–H groups in total. The Morgan fingerprint density at radius 3 is 2.50 bits per heavy atom. The van der Waals surface area contributed by atoms with E-state index in [1.54, 1.807) is 5.56 Å². The van der Waals surface area contributed by atoms with Gasteiger partial charge in [0, 0.05) is 19.2 Å². The number of aryl methyl sites for hydroxylation is 1. The van der Waals surface area contributed by atoms with E-state index in [2.05, 4.69) is 18.6 Å². The first-order valence-corrected chi connectivity index (χ1v) is 7.59. The van der Waals surface area contributed by atoms with E-state index in [9.17, 15) is 0 Å². The van der Waals surface area contributed by atoms with Crippen LogP contribution in [0.1, 0.15) is 68.0 Å². The van der Waals surface area contributed by atoms with Crippen molar-refractivity contribution in [2.45, 2.75) is 56.8 Å². The zero-order valence-electron chi connectivity index (χ0n) is 11.5. The zero-order valence-corrected chi connectivity index (χ0v) is 11.5. The first kappa shape index (κ1) is 12.2. The van der Waals surface area contributed by atoms with E-state index < -0.39 is 0 Å². The van der Waals surface area contributed by atoms with Gasteiger partial charge in [0.2, 0.25) is 0 Å². The molecule has 0 bridgehead atoms. The van der Waals surface area contributed by atoms with Crippen molar-refractivity contribution in [3.63, 3.8) is 0 Å². The van der Waals surface area contributed by atoms with Gasteiger partial charge < -0.3 is 5.32 Å². The lowest BCUT2D eigenvalue weighted by Crippen LogP contribution is -2.27. The summed E-state index contributed by atoms with van der Waals surface area (Å²) in [6, 6.07) is 0. The molecule has 0 radical (unpaired) electrons. The fourth-order valence-corrected chi connectivity index (χ4v) is 3.66. The summed E-state index contributed by atoms with van der Waals surface area (Å²) in [4.78, 5) is 0. The van der Waals surface area contributed by atoms with Crippen molar-refractivity contribution in [2.75, 3.05) is 13.1 Å². The van der Waals surface area contributed by atoms with Gasteiger partial charge >= 0.3 is 0 Å². The van der Waals surface area contributed by atoms with Crippen LogP contribution >= 0.6 is 0 Å². The van der Waals surface area contributed by atoms with E-state index in [1.807, 2.05) is 4.68 Å². The second kappa shape index (κ2) is 5.43. The van der Waals surface area contributed by atoms with Gasteiger partial charge in [0.1, 0.15) is 0 Å². The number of hydrogen-bond acceptors (Lipinski definition) is 2. The number of hydrogen-bond donors (Lipinski definition) is 1. The first-order chi connectivity index (χ1) is 8.84. The minimum atomic E-state index is 0.698. The van der Waals surface area contributed by atoms with Gasteiger partial charge in [-0.2, -0.15) is 5.10 Å². The van der Waals surface area contributed by atoms with Crippen LogP contribution in [0.25, 0.3) is 0 Å². The highest BCUT2D eigenvalue weighted by Gasteiger charge is 2.26. The van der Waals surface area contributed by atoms with Gasteiger partial charge in [0.25, 0.3) is 0 Å². The van der Waals surface area contributed by atoms with Crippen LogP contribution in [-0.4, -0.2) is 22.9 Å². The minimum Gasteiger partial charge on any atom is -0.317 e. The highest BCUT2D eigenvalue weighted by atomic mass is 15.3. The summed E-state index contributed by atoms with van der Waals surface area (Å²) >= 11 is 0. The SMILES string of the molecule is Cn1cc(C2CCCCC2)c(C2CCNCC2)n1. The maximum atomic E-state index is 4.80. The summed E-state index contributed by atoms with van der Waals surface area (Å²) < 4.78 is 2.04. The number of nitrogens with one attached hydrogen (secondary N) is 1. The Labute approximate surface area is 110 Å². The van der Waals surface area contributed by atoms with Gasteiger partial charge in [-0.05, 0) is 50.3 Å². The average molecular weight is 247 g/mol. The Hall–Kier alpha value is -0.830. The molecule has 2 heterocycles. The third-order valence-electron chi connectivity index (χ3n) is 4.66. The molecular weight excluding hydrogens is 222 g/mol. The molecule has 0 amide bonds. The average Bonchev–Trinajstić information content (AvgIpc) is 2.83. The van der Waals surface area contributed by atoms with E-state index in [-0.39, 0.29) is 0 Å². The van der Waals surface area contributed by atoms with E-state index in [1.165, 1.54) is 50.6 Å². The molecule has 3 heteroatoms. The molecule has 1 saturated heterocycles. The normalized spacial score (nSPS) is 23.4. The lowest BCUT2D eigenvalue weighted by molar-refractivity contribution is 0.423. The van der Waals surface area contributed by atoms with Crippen LogP contribution < -0.4 is 5.32 Å². The quantitative estimate of drug-likeness (QED) is 0.871. The van der Waals surface area contributed by atoms with E-state index in [4.69, 9.17) is 5.10 Å². The Bertz CT molecular complexity index is 349. The highest BCUT2D eigenvalue weighted by molar-refractivity contribution is 5.26. The monoisotopic (exact) mass is 247 g/mol. The molecule has 0 aromatic carbocycles. The predicted octanol–water partition coefficient (Wildman–Crippen LogP) is 2.93. The predicted molar refractivity (Wildman–Crippen MR) is 73.9 cm³/mol. The zero-order chi connectivity index (χ0) is 12.4. The Balaban J connectivity index is 1.83. The van der Waals surface area contributed by atoms with Gasteiger partial charge in [-0.1, -0.05) is 19.3 Å². The lowest BCUT2D eigenvalue weighted by Gasteiger charge is -2.26. The van der Waals surface area contributed by atoms with Crippen LogP contribution in [0, 0.1) is 0 Å². The molecule has 0 atom stereocenters. The Morgan fingerprint density at radius 1 is 1.06 bits per heavy atom. The summed E-state index contributed by atoms with van der Waals surface area (Å²) in [7, 11) is 2.08. The lowest BCUT2D eigenvalue weighted by atomic mass is 9.81. The molecule has 1 aromatic heterocycles. The van der Waals surface area contributed by atoms with Crippen molar-refractivity contribution in [3.05, 3.63) is 17.5 Å². The van der Waals surface area contributed by atoms with Crippen LogP contribution in [0.2, 0.25) is 0 Å². The summed E-state index contributed by atoms with van der Waals surface area (Å²) in [5.41, 5.74) is 3.00. The fraction of sp³-hybridized carbons (Fsp3) is 0.800. The van der Waals surface area contributed by atoms with Gasteiger partial charge in [-0.3, -0.25) is 4.68 Å². The molecule has 2 aliphatic rings. The van der Waals surface area contributed by atoms with Crippen LogP contribution in [0.15, 0.2) is 6.20 Å². The number of rotatable bonds is 2. The standard InChI is InChI=1S/C15H25N3/c1-18-11-14(12-5-3-2-4-6-12)15(17-18)13-7-9-16-10-8-13/h11-13,16H,2-10H2,1H3. The molecule has 3 nitrogen and oxygen atoms in total. The van der Waals surface area contributed by atoms with E-state index >= 15 is 0 Å². The van der Waals surface area contributed by atoms with Crippen molar-refractivity contribution in [1.29, 1.82) is 0 Å². The third kappa shape index (κ3) is 2.46. The molecule has 1 aliphatic carbocycles. The topological polar surface area (TPSA) is 29.9 Å². The van der Waals surface area contributed by atoms with Gasteiger partial charge in [-0.15, -0.1) is 0 Å². The third-order valence-corrected chi connectivity index (χ3v) is 4.66. The number of aromatic nitrogens is 2. The van der Waals surface area contributed by atoms with Crippen molar-refractivity contribution in [1.82, 2.24) is 15.1 Å². The van der Waals surface area contributed by atoms with Crippen LogP contribution in [0.3, 0.4) is 0 Å². The molecule has 3 rings (SSSR count). The summed E-state index contributed by atoms with van der Waals surface area (Å²) in [5, 5.41) is 8.25. The summed E-state index contributed by atoms with van der Waals surface area (Å²) in [6.45, 7) is 2.32. The van der Waals surface area contributed by atoms with Crippen molar-refractivity contribution in [2.24, 2.45) is 7.05 Å². The summed E-state index contributed by atoms with van der Waals surface area (Å²) in [6.07, 6.45) is 11.8. The van der Waals surface area contributed by atoms with Crippen molar-refractivity contribution in [3.8, 4) is 0 Å². The second-order valence-corrected chi connectivity index (χ2v) is 6.00. The van der Waals surface area contributed by atoms with E-state index in [0.29, 0.717) is 5.92 Å². The van der Waals surface area contributed by atoms with Crippen LogP contribution in [0.5, 0.6) is 0 Å². The maximum Gasteiger partial charge on any atom is 0.0691 e. The molecule has 1 aromatic rings. The largest absolute Gasteiger partial charge is 0.317 e. The molecule has 0 spiro atoms. The maximum absolute atomic E-state index is 4.80. The molecule has 100 valence electrons. The van der Waals surface area contributed by atoms with Gasteiger partial charge in [-0.25, -0.2) is 0 Å². The van der Waals surface area contributed by atoms with Crippen LogP contribution in [-0.2, 0) is 7.05 Å². The Kier molecular flexibility index (Phi) is 3.69. The van der Waals surface area contributed by atoms with Gasteiger partial charge in [0.05, 0.1) is 5.69 Å². The second-order valence-electron chi connectivity index (χ2n) is 6.00. The van der Waals surface area contributed by atoms with Crippen LogP contribution in [0.4, 0.5) is 0 Å². The van der Waals surface area contributed by atoms with Crippen molar-refractivity contribution >= 4 is 0 Å². The Morgan fingerprint density at radius 2 is 1.78 bits per heavy atom. The molecule has 0 unspecified atom stereocenters.